The number of rotatable bonds is 5. The van der Waals surface area contributed by atoms with Crippen molar-refractivity contribution in [2.45, 2.75) is 13.0 Å². The molecule has 11 heteroatoms. The Morgan fingerprint density at radius 2 is 2.15 bits per heavy atom. The standard InChI is InChI=1S/C22H22ClN5O4S/c1-3-19(30)24-14-9-18(33-12-14)21(31)26-22-25-17-6-4-5-16(23)20(17)28(22)15-10-27(13(2)29)7-8-32-11-15/h3-6,9,12,15H,1,7-8,10-11H2,2H3,(H,24,30)(H,25,26,31)/t15-/m0/s1. The van der Waals surface area contributed by atoms with Gasteiger partial charge in [0, 0.05) is 25.4 Å². The molecule has 1 aliphatic rings. The molecule has 3 aromatic rings. The number of halogens is 1. The molecule has 3 heterocycles. The molecule has 172 valence electrons. The minimum Gasteiger partial charge on any atom is -0.377 e. The maximum atomic E-state index is 13.0. The summed E-state index contributed by atoms with van der Waals surface area (Å²) in [4.78, 5) is 43.3. The van der Waals surface area contributed by atoms with Crippen LogP contribution in [-0.4, -0.2) is 58.5 Å². The molecule has 0 unspecified atom stereocenters. The van der Waals surface area contributed by atoms with E-state index in [4.69, 9.17) is 16.3 Å². The minimum absolute atomic E-state index is 0.0562. The lowest BCUT2D eigenvalue weighted by molar-refractivity contribution is -0.129. The largest absolute Gasteiger partial charge is 0.377 e. The Kier molecular flexibility index (Phi) is 6.77. The van der Waals surface area contributed by atoms with Gasteiger partial charge in [-0.1, -0.05) is 24.2 Å². The van der Waals surface area contributed by atoms with E-state index in [9.17, 15) is 14.4 Å². The lowest BCUT2D eigenvalue weighted by Crippen LogP contribution is -2.35. The zero-order valence-corrected chi connectivity index (χ0v) is 19.4. The van der Waals surface area contributed by atoms with Crippen molar-refractivity contribution in [1.82, 2.24) is 14.5 Å². The molecular formula is C22H22ClN5O4S. The molecule has 3 amide bonds. The quantitative estimate of drug-likeness (QED) is 0.535. The summed E-state index contributed by atoms with van der Waals surface area (Å²) in [5, 5.41) is 7.63. The Balaban J connectivity index is 1.68. The summed E-state index contributed by atoms with van der Waals surface area (Å²) in [6.45, 7) is 6.57. The molecule has 0 bridgehead atoms. The smallest absolute Gasteiger partial charge is 0.268 e. The Morgan fingerprint density at radius 3 is 2.91 bits per heavy atom. The van der Waals surface area contributed by atoms with Gasteiger partial charge in [-0.2, -0.15) is 0 Å². The van der Waals surface area contributed by atoms with Crippen LogP contribution in [0.25, 0.3) is 11.0 Å². The number of amides is 3. The van der Waals surface area contributed by atoms with E-state index in [1.807, 2.05) is 10.6 Å². The van der Waals surface area contributed by atoms with Gasteiger partial charge in [0.1, 0.15) is 0 Å². The van der Waals surface area contributed by atoms with Gasteiger partial charge in [-0.25, -0.2) is 4.98 Å². The number of anilines is 2. The van der Waals surface area contributed by atoms with Crippen LogP contribution in [0.1, 0.15) is 22.6 Å². The normalized spacial score (nSPS) is 16.3. The van der Waals surface area contributed by atoms with Crippen molar-refractivity contribution in [1.29, 1.82) is 0 Å². The van der Waals surface area contributed by atoms with E-state index in [1.165, 1.54) is 18.3 Å². The number of thiophene rings is 1. The molecule has 0 saturated carbocycles. The number of ether oxygens (including phenoxy) is 1. The number of benzene rings is 1. The van der Waals surface area contributed by atoms with Crippen LogP contribution in [-0.2, 0) is 14.3 Å². The molecule has 1 atom stereocenters. The summed E-state index contributed by atoms with van der Waals surface area (Å²) >= 11 is 7.70. The van der Waals surface area contributed by atoms with Crippen LogP contribution >= 0.6 is 22.9 Å². The number of nitrogens with one attached hydrogen (secondary N) is 2. The molecule has 0 aliphatic carbocycles. The number of imidazole rings is 1. The average molecular weight is 488 g/mol. The van der Waals surface area contributed by atoms with Crippen molar-refractivity contribution in [3.8, 4) is 0 Å². The Morgan fingerprint density at radius 1 is 1.33 bits per heavy atom. The van der Waals surface area contributed by atoms with Gasteiger partial charge < -0.3 is 19.5 Å². The molecule has 0 radical (unpaired) electrons. The van der Waals surface area contributed by atoms with Crippen molar-refractivity contribution in [2.24, 2.45) is 0 Å². The van der Waals surface area contributed by atoms with Gasteiger partial charge in [0.05, 0.1) is 45.9 Å². The first kappa shape index (κ1) is 23.0. The molecule has 1 aromatic carbocycles. The van der Waals surface area contributed by atoms with Crippen LogP contribution in [0.2, 0.25) is 5.02 Å². The fourth-order valence-electron chi connectivity index (χ4n) is 3.66. The van der Waals surface area contributed by atoms with E-state index in [0.29, 0.717) is 58.9 Å². The van der Waals surface area contributed by atoms with E-state index >= 15 is 0 Å². The zero-order valence-electron chi connectivity index (χ0n) is 17.8. The Hall–Kier alpha value is -3.21. The fourth-order valence-corrected chi connectivity index (χ4v) is 4.66. The summed E-state index contributed by atoms with van der Waals surface area (Å²) in [5.74, 6) is -0.504. The second kappa shape index (κ2) is 9.74. The summed E-state index contributed by atoms with van der Waals surface area (Å²) in [6.07, 6.45) is 1.16. The molecular weight excluding hydrogens is 466 g/mol. The van der Waals surface area contributed by atoms with Crippen LogP contribution in [0.5, 0.6) is 0 Å². The van der Waals surface area contributed by atoms with Crippen molar-refractivity contribution in [3.05, 3.63) is 52.2 Å². The molecule has 1 saturated heterocycles. The molecule has 9 nitrogen and oxygen atoms in total. The van der Waals surface area contributed by atoms with Crippen LogP contribution in [0.4, 0.5) is 11.6 Å². The predicted molar refractivity (Wildman–Crippen MR) is 128 cm³/mol. The SMILES string of the molecule is C=CC(=O)Nc1csc(C(=O)Nc2nc3cccc(Cl)c3n2[C@@H]2COCCN(C(C)=O)C2)c1. The summed E-state index contributed by atoms with van der Waals surface area (Å²) < 4.78 is 7.58. The summed E-state index contributed by atoms with van der Waals surface area (Å²) in [7, 11) is 0. The van der Waals surface area contributed by atoms with Gasteiger partial charge in [-0.15, -0.1) is 11.3 Å². The first-order chi connectivity index (χ1) is 15.9. The minimum atomic E-state index is -0.384. The van der Waals surface area contributed by atoms with E-state index in [0.717, 1.165) is 6.08 Å². The lowest BCUT2D eigenvalue weighted by atomic mass is 10.2. The lowest BCUT2D eigenvalue weighted by Gasteiger charge is -2.25. The summed E-state index contributed by atoms with van der Waals surface area (Å²) in [5.41, 5.74) is 1.76. The van der Waals surface area contributed by atoms with Gasteiger partial charge in [-0.05, 0) is 24.3 Å². The van der Waals surface area contributed by atoms with Gasteiger partial charge >= 0.3 is 0 Å². The Labute approximate surface area is 199 Å². The van der Waals surface area contributed by atoms with Crippen molar-refractivity contribution < 1.29 is 19.1 Å². The van der Waals surface area contributed by atoms with E-state index in [-0.39, 0.29) is 23.8 Å². The predicted octanol–water partition coefficient (Wildman–Crippen LogP) is 3.55. The monoisotopic (exact) mass is 487 g/mol. The average Bonchev–Trinajstić information content (AvgIpc) is 3.31. The number of hydrogen-bond acceptors (Lipinski definition) is 6. The number of nitrogens with zero attached hydrogens (tertiary/aromatic N) is 3. The van der Waals surface area contributed by atoms with Crippen molar-refractivity contribution in [3.63, 3.8) is 0 Å². The molecule has 4 rings (SSSR count). The van der Waals surface area contributed by atoms with Gasteiger partial charge in [0.25, 0.3) is 5.91 Å². The molecule has 1 fully saturated rings. The second-order valence-electron chi connectivity index (χ2n) is 7.45. The van der Waals surface area contributed by atoms with Gasteiger partial charge in [-0.3, -0.25) is 19.7 Å². The third-order valence-corrected chi connectivity index (χ3v) is 6.45. The Bertz CT molecular complexity index is 1240. The highest BCUT2D eigenvalue weighted by molar-refractivity contribution is 7.12. The van der Waals surface area contributed by atoms with Crippen LogP contribution < -0.4 is 10.6 Å². The topological polar surface area (TPSA) is 106 Å². The third-order valence-electron chi connectivity index (χ3n) is 5.22. The molecule has 33 heavy (non-hydrogen) atoms. The number of carbonyl (C=O) groups excluding carboxylic acids is 3. The number of hydrogen-bond donors (Lipinski definition) is 2. The number of para-hydroxylation sites is 1. The number of fused-ring (bicyclic) bond motifs is 1. The highest BCUT2D eigenvalue weighted by Gasteiger charge is 2.27. The van der Waals surface area contributed by atoms with Crippen molar-refractivity contribution >= 4 is 63.3 Å². The maximum absolute atomic E-state index is 13.0. The first-order valence-electron chi connectivity index (χ1n) is 10.2. The van der Waals surface area contributed by atoms with Gasteiger partial charge in [0.2, 0.25) is 17.8 Å². The third kappa shape index (κ3) is 4.92. The summed E-state index contributed by atoms with van der Waals surface area (Å²) in [6, 6.07) is 6.62. The molecule has 2 N–H and O–H groups in total. The number of aromatic nitrogens is 2. The molecule has 0 spiro atoms. The highest BCUT2D eigenvalue weighted by Crippen LogP contribution is 2.32. The molecule has 1 aliphatic heterocycles. The highest BCUT2D eigenvalue weighted by atomic mass is 35.5. The van der Waals surface area contributed by atoms with Crippen LogP contribution in [0.15, 0.2) is 42.3 Å². The first-order valence-corrected chi connectivity index (χ1v) is 11.5. The molecule has 2 aromatic heterocycles. The fraction of sp³-hybridized carbons (Fsp3) is 0.273. The van der Waals surface area contributed by atoms with Crippen molar-refractivity contribution in [2.75, 3.05) is 36.9 Å². The van der Waals surface area contributed by atoms with E-state index < -0.39 is 0 Å². The van der Waals surface area contributed by atoms with E-state index in [1.54, 1.807) is 28.5 Å². The van der Waals surface area contributed by atoms with Gasteiger partial charge in [0.15, 0.2) is 0 Å². The number of carbonyl (C=O) groups is 3. The van der Waals surface area contributed by atoms with E-state index in [2.05, 4.69) is 22.2 Å². The van der Waals surface area contributed by atoms with Crippen LogP contribution in [0.3, 0.4) is 0 Å². The maximum Gasteiger partial charge on any atom is 0.268 e. The second-order valence-corrected chi connectivity index (χ2v) is 8.77. The zero-order chi connectivity index (χ0) is 23.5. The van der Waals surface area contributed by atoms with Crippen LogP contribution in [0, 0.1) is 0 Å².